The first kappa shape index (κ1) is 23.3. The second-order valence-electron chi connectivity index (χ2n) is 11.6. The van der Waals surface area contributed by atoms with E-state index in [-0.39, 0.29) is 22.5 Å². The molecule has 0 radical (unpaired) electrons. The van der Waals surface area contributed by atoms with E-state index in [2.05, 4.69) is 84.7 Å². The lowest BCUT2D eigenvalue weighted by Gasteiger charge is -2.51. The summed E-state index contributed by atoms with van der Waals surface area (Å²) >= 11 is 0. The van der Waals surface area contributed by atoms with Gasteiger partial charge >= 0.3 is 6.03 Å². The zero-order valence-electron chi connectivity index (χ0n) is 20.6. The quantitative estimate of drug-likeness (QED) is 0.535. The highest BCUT2D eigenvalue weighted by Gasteiger charge is 2.55. The molecule has 5 heteroatoms. The topological polar surface area (TPSA) is 39.1 Å². The number of nitrogens with zero attached hydrogens (tertiary/aromatic N) is 4. The highest BCUT2D eigenvalue weighted by atomic mass is 16.2. The van der Waals surface area contributed by atoms with Crippen LogP contribution in [0.2, 0.25) is 0 Å². The molecule has 0 atom stereocenters. The van der Waals surface area contributed by atoms with Crippen molar-refractivity contribution < 1.29 is 4.79 Å². The molecule has 2 aliphatic carbocycles. The lowest BCUT2D eigenvalue weighted by Crippen LogP contribution is -2.56. The van der Waals surface area contributed by atoms with E-state index in [9.17, 15) is 4.79 Å². The average molecular weight is 439 g/mol. The van der Waals surface area contributed by atoms with Crippen molar-refractivity contribution in [2.24, 2.45) is 16.3 Å². The summed E-state index contributed by atoms with van der Waals surface area (Å²) < 4.78 is 0. The second-order valence-corrected chi connectivity index (χ2v) is 11.6. The number of amides is 2. The molecule has 32 heavy (non-hydrogen) atoms. The standard InChI is InChI=1S/C27H42N4O/c1-25(2,19-28-3)20-30-21-26(31(24(30)32)18-22-10-9-11-22)14-16-27(17-15-26,29(4)5)23-12-7-6-8-13-23/h6-8,12-13,22H,3,9-11,14-21H2,1-2,4-5H3/t26-,27+. The summed E-state index contributed by atoms with van der Waals surface area (Å²) in [7, 11) is 4.43. The SMILES string of the molecule is C=NCC(C)(C)CN1C[C@]2(CC[C@](c3ccccc3)(N(C)C)CC2)N(CC2CCC2)C1=O. The smallest absolute Gasteiger partial charge is 0.320 e. The lowest BCUT2D eigenvalue weighted by molar-refractivity contribution is 0.0156. The summed E-state index contributed by atoms with van der Waals surface area (Å²) in [6.07, 6.45) is 8.17. The Morgan fingerprint density at radius 2 is 1.78 bits per heavy atom. The summed E-state index contributed by atoms with van der Waals surface area (Å²) in [5, 5.41) is 0. The Kier molecular flexibility index (Phi) is 6.41. The van der Waals surface area contributed by atoms with Gasteiger partial charge in [-0.1, -0.05) is 50.6 Å². The van der Waals surface area contributed by atoms with Crippen molar-refractivity contribution in [3.8, 4) is 0 Å². The minimum absolute atomic E-state index is 0.0291. The van der Waals surface area contributed by atoms with Gasteiger partial charge in [0.25, 0.3) is 0 Å². The molecule has 1 heterocycles. The van der Waals surface area contributed by atoms with Gasteiger partial charge in [0.2, 0.25) is 0 Å². The zero-order valence-corrected chi connectivity index (χ0v) is 20.6. The number of hydrogen-bond acceptors (Lipinski definition) is 3. The molecule has 0 N–H and O–H groups in total. The molecule has 3 aliphatic rings. The lowest BCUT2D eigenvalue weighted by atomic mass is 9.68. The van der Waals surface area contributed by atoms with Gasteiger partial charge in [-0.25, -0.2) is 4.79 Å². The van der Waals surface area contributed by atoms with Crippen LogP contribution >= 0.6 is 0 Å². The first-order valence-electron chi connectivity index (χ1n) is 12.4. The van der Waals surface area contributed by atoms with Crippen molar-refractivity contribution in [1.29, 1.82) is 0 Å². The maximum atomic E-state index is 13.7. The molecule has 5 nitrogen and oxygen atoms in total. The number of hydrogen-bond donors (Lipinski definition) is 0. The third-order valence-electron chi connectivity index (χ3n) is 8.56. The largest absolute Gasteiger partial charge is 0.322 e. The molecule has 0 aromatic heterocycles. The van der Waals surface area contributed by atoms with Crippen LogP contribution in [-0.2, 0) is 5.54 Å². The monoisotopic (exact) mass is 438 g/mol. The third kappa shape index (κ3) is 4.21. The molecule has 1 aromatic carbocycles. The Balaban J connectivity index is 1.58. The fraction of sp³-hybridized carbons (Fsp3) is 0.704. The van der Waals surface area contributed by atoms with Crippen LogP contribution in [0.15, 0.2) is 35.3 Å². The van der Waals surface area contributed by atoms with Crippen LogP contribution in [0.5, 0.6) is 0 Å². The molecule has 176 valence electrons. The second kappa shape index (κ2) is 8.81. The van der Waals surface area contributed by atoms with Crippen LogP contribution in [0.1, 0.15) is 64.4 Å². The van der Waals surface area contributed by atoms with E-state index >= 15 is 0 Å². The van der Waals surface area contributed by atoms with E-state index in [0.717, 1.165) is 45.3 Å². The maximum Gasteiger partial charge on any atom is 0.320 e. The van der Waals surface area contributed by atoms with E-state index < -0.39 is 0 Å². The molecule has 4 rings (SSSR count). The molecule has 1 saturated heterocycles. The predicted molar refractivity (Wildman–Crippen MR) is 132 cm³/mol. The fourth-order valence-electron chi connectivity index (χ4n) is 6.38. The van der Waals surface area contributed by atoms with Crippen molar-refractivity contribution in [2.45, 2.75) is 69.9 Å². The number of rotatable bonds is 8. The van der Waals surface area contributed by atoms with E-state index in [0.29, 0.717) is 12.5 Å². The number of benzene rings is 1. The van der Waals surface area contributed by atoms with Crippen molar-refractivity contribution in [3.63, 3.8) is 0 Å². The van der Waals surface area contributed by atoms with Crippen LogP contribution in [0.3, 0.4) is 0 Å². The number of carbonyl (C=O) groups is 1. The zero-order chi connectivity index (χ0) is 23.0. The van der Waals surface area contributed by atoms with E-state index in [1.807, 2.05) is 0 Å². The van der Waals surface area contributed by atoms with Gasteiger partial charge < -0.3 is 14.8 Å². The van der Waals surface area contributed by atoms with Gasteiger partial charge in [-0.05, 0) is 70.8 Å². The van der Waals surface area contributed by atoms with Gasteiger partial charge in [0.1, 0.15) is 0 Å². The first-order valence-corrected chi connectivity index (χ1v) is 12.4. The van der Waals surface area contributed by atoms with Crippen LogP contribution < -0.4 is 0 Å². The van der Waals surface area contributed by atoms with Crippen LogP contribution in [0, 0.1) is 11.3 Å². The van der Waals surface area contributed by atoms with Gasteiger partial charge in [-0.15, -0.1) is 0 Å². The van der Waals surface area contributed by atoms with Crippen LogP contribution in [-0.4, -0.2) is 73.3 Å². The van der Waals surface area contributed by atoms with E-state index in [1.54, 1.807) is 0 Å². The van der Waals surface area contributed by atoms with E-state index in [1.165, 1.54) is 24.8 Å². The minimum Gasteiger partial charge on any atom is -0.322 e. The summed E-state index contributed by atoms with van der Waals surface area (Å²) in [5.41, 5.74) is 1.39. The van der Waals surface area contributed by atoms with Gasteiger partial charge in [-0.3, -0.25) is 4.90 Å². The summed E-state index contributed by atoms with van der Waals surface area (Å²) in [6, 6.07) is 11.2. The van der Waals surface area contributed by atoms with Crippen LogP contribution in [0.25, 0.3) is 0 Å². The average Bonchev–Trinajstić information content (AvgIpc) is 2.96. The van der Waals surface area contributed by atoms with Crippen LogP contribution in [0.4, 0.5) is 4.79 Å². The summed E-state index contributed by atoms with van der Waals surface area (Å²) in [4.78, 5) is 24.7. The van der Waals surface area contributed by atoms with Crippen molar-refractivity contribution in [1.82, 2.24) is 14.7 Å². The Bertz CT molecular complexity index is 806. The summed E-state index contributed by atoms with van der Waals surface area (Å²) in [5.74, 6) is 0.688. The molecule has 1 aliphatic heterocycles. The molecule has 1 spiro atoms. The first-order chi connectivity index (χ1) is 15.2. The number of carbonyl (C=O) groups excluding carboxylic acids is 1. The molecule has 0 unspecified atom stereocenters. The number of aliphatic imine (C=N–C) groups is 1. The molecule has 1 aromatic rings. The Morgan fingerprint density at radius 3 is 2.31 bits per heavy atom. The van der Waals surface area contributed by atoms with Crippen molar-refractivity contribution in [3.05, 3.63) is 35.9 Å². The van der Waals surface area contributed by atoms with Gasteiger partial charge in [0, 0.05) is 37.1 Å². The van der Waals surface area contributed by atoms with Crippen molar-refractivity contribution >= 4 is 12.7 Å². The highest BCUT2D eigenvalue weighted by Crippen LogP contribution is 2.49. The fourth-order valence-corrected chi connectivity index (χ4v) is 6.38. The summed E-state index contributed by atoms with van der Waals surface area (Å²) in [6.45, 7) is 11.3. The highest BCUT2D eigenvalue weighted by molar-refractivity contribution is 5.78. The molecular formula is C27H42N4O. The Labute approximate surface area is 194 Å². The Hall–Kier alpha value is -1.88. The third-order valence-corrected chi connectivity index (χ3v) is 8.56. The predicted octanol–water partition coefficient (Wildman–Crippen LogP) is 5.02. The molecule has 0 bridgehead atoms. The normalized spacial score (nSPS) is 29.1. The molecule has 2 amide bonds. The van der Waals surface area contributed by atoms with Gasteiger partial charge in [0.15, 0.2) is 0 Å². The molecular weight excluding hydrogens is 396 g/mol. The van der Waals surface area contributed by atoms with Gasteiger partial charge in [0.05, 0.1) is 5.54 Å². The molecule has 2 saturated carbocycles. The van der Waals surface area contributed by atoms with E-state index in [4.69, 9.17) is 0 Å². The Morgan fingerprint density at radius 1 is 1.12 bits per heavy atom. The molecule has 3 fully saturated rings. The van der Waals surface area contributed by atoms with Crippen molar-refractivity contribution in [2.75, 3.05) is 40.3 Å². The number of urea groups is 1. The minimum atomic E-state index is -0.0445. The van der Waals surface area contributed by atoms with Gasteiger partial charge in [-0.2, -0.15) is 0 Å². The maximum absolute atomic E-state index is 13.7.